The summed E-state index contributed by atoms with van der Waals surface area (Å²) in [5.74, 6) is 1.60. The Hall–Kier alpha value is -1.13. The van der Waals surface area contributed by atoms with Crippen LogP contribution in [-0.4, -0.2) is 33.6 Å². The number of rotatable bonds is 3. The SMILES string of the molecule is ClCCc1nc2cccnc2n1C1CCCOC1. The smallest absolute Gasteiger partial charge is 0.160 e. The predicted molar refractivity (Wildman–Crippen MR) is 71.0 cm³/mol. The minimum absolute atomic E-state index is 0.344. The molecule has 1 fully saturated rings. The fourth-order valence-corrected chi connectivity index (χ4v) is 2.72. The molecule has 1 aliphatic rings. The summed E-state index contributed by atoms with van der Waals surface area (Å²) in [6.45, 7) is 1.61. The van der Waals surface area contributed by atoms with Gasteiger partial charge in [0.15, 0.2) is 5.65 Å². The quantitative estimate of drug-likeness (QED) is 0.801. The van der Waals surface area contributed by atoms with Crippen LogP contribution in [0.2, 0.25) is 0 Å². The van der Waals surface area contributed by atoms with E-state index in [0.717, 1.165) is 49.5 Å². The molecule has 96 valence electrons. The van der Waals surface area contributed by atoms with E-state index >= 15 is 0 Å². The predicted octanol–water partition coefficient (Wildman–Crippen LogP) is 2.56. The number of nitrogens with zero attached hydrogens (tertiary/aromatic N) is 3. The Morgan fingerprint density at radius 2 is 2.44 bits per heavy atom. The number of halogens is 1. The van der Waals surface area contributed by atoms with Crippen LogP contribution < -0.4 is 0 Å². The molecule has 0 aliphatic carbocycles. The molecule has 0 bridgehead atoms. The first-order valence-electron chi connectivity index (χ1n) is 6.35. The highest BCUT2D eigenvalue weighted by Crippen LogP contribution is 2.26. The molecule has 0 N–H and O–H groups in total. The monoisotopic (exact) mass is 265 g/mol. The number of ether oxygens (including phenoxy) is 1. The van der Waals surface area contributed by atoms with Gasteiger partial charge in [0.25, 0.3) is 0 Å². The Balaban J connectivity index is 2.07. The fraction of sp³-hybridized carbons (Fsp3) is 0.538. The lowest BCUT2D eigenvalue weighted by molar-refractivity contribution is 0.0594. The molecule has 3 heterocycles. The van der Waals surface area contributed by atoms with Crippen LogP contribution in [0.4, 0.5) is 0 Å². The van der Waals surface area contributed by atoms with Gasteiger partial charge in [-0.25, -0.2) is 9.97 Å². The number of fused-ring (bicyclic) bond motifs is 1. The number of pyridine rings is 1. The van der Waals surface area contributed by atoms with E-state index in [-0.39, 0.29) is 0 Å². The maximum absolute atomic E-state index is 5.87. The zero-order chi connectivity index (χ0) is 12.4. The van der Waals surface area contributed by atoms with E-state index < -0.39 is 0 Å². The maximum Gasteiger partial charge on any atom is 0.160 e. The van der Waals surface area contributed by atoms with Gasteiger partial charge >= 0.3 is 0 Å². The third kappa shape index (κ3) is 2.10. The molecular weight excluding hydrogens is 250 g/mol. The summed E-state index contributed by atoms with van der Waals surface area (Å²) in [6, 6.07) is 4.26. The molecule has 1 saturated heterocycles. The minimum atomic E-state index is 0.344. The zero-order valence-electron chi connectivity index (χ0n) is 10.2. The lowest BCUT2D eigenvalue weighted by atomic mass is 10.1. The molecule has 2 aromatic rings. The molecule has 3 rings (SSSR count). The zero-order valence-corrected chi connectivity index (χ0v) is 10.9. The van der Waals surface area contributed by atoms with Crippen molar-refractivity contribution >= 4 is 22.8 Å². The molecule has 1 unspecified atom stereocenters. The summed E-state index contributed by atoms with van der Waals surface area (Å²) in [4.78, 5) is 9.10. The highest BCUT2D eigenvalue weighted by molar-refractivity contribution is 6.17. The van der Waals surface area contributed by atoms with Gasteiger partial charge < -0.3 is 9.30 Å². The van der Waals surface area contributed by atoms with Crippen LogP contribution in [0.5, 0.6) is 0 Å². The summed E-state index contributed by atoms with van der Waals surface area (Å²) in [5, 5.41) is 0. The molecule has 0 spiro atoms. The third-order valence-electron chi connectivity index (χ3n) is 3.34. The molecule has 0 radical (unpaired) electrons. The van der Waals surface area contributed by atoms with E-state index in [4.69, 9.17) is 16.3 Å². The summed E-state index contributed by atoms with van der Waals surface area (Å²) >= 11 is 5.87. The molecule has 4 nitrogen and oxygen atoms in total. The first-order valence-corrected chi connectivity index (χ1v) is 6.89. The van der Waals surface area contributed by atoms with Crippen molar-refractivity contribution in [1.82, 2.24) is 14.5 Å². The Bertz CT molecular complexity index is 534. The van der Waals surface area contributed by atoms with Gasteiger partial charge in [0, 0.05) is 25.1 Å². The first-order chi connectivity index (χ1) is 8.90. The van der Waals surface area contributed by atoms with Crippen LogP contribution in [0, 0.1) is 0 Å². The van der Waals surface area contributed by atoms with Crippen molar-refractivity contribution in [1.29, 1.82) is 0 Å². The molecule has 2 aromatic heterocycles. The van der Waals surface area contributed by atoms with Crippen molar-refractivity contribution in [3.63, 3.8) is 0 Å². The number of aryl methyl sites for hydroxylation is 1. The number of hydrogen-bond donors (Lipinski definition) is 0. The third-order valence-corrected chi connectivity index (χ3v) is 3.53. The summed E-state index contributed by atoms with van der Waals surface area (Å²) in [6.07, 6.45) is 4.80. The van der Waals surface area contributed by atoms with Gasteiger partial charge in [0.05, 0.1) is 12.6 Å². The number of aromatic nitrogens is 3. The standard InChI is InChI=1S/C13H16ClN3O/c14-6-5-12-16-11-4-1-7-15-13(11)17(12)10-3-2-8-18-9-10/h1,4,7,10H,2-3,5-6,8-9H2. The van der Waals surface area contributed by atoms with Crippen molar-refractivity contribution in [2.45, 2.75) is 25.3 Å². The first kappa shape index (κ1) is 11.9. The number of hydrogen-bond acceptors (Lipinski definition) is 3. The van der Waals surface area contributed by atoms with E-state index in [1.165, 1.54) is 0 Å². The van der Waals surface area contributed by atoms with Gasteiger partial charge in [-0.1, -0.05) is 0 Å². The van der Waals surface area contributed by atoms with Gasteiger partial charge in [-0.2, -0.15) is 0 Å². The second-order valence-corrected chi connectivity index (χ2v) is 4.93. The number of imidazole rings is 1. The van der Waals surface area contributed by atoms with Gasteiger partial charge in [0.2, 0.25) is 0 Å². The Morgan fingerprint density at radius 3 is 3.22 bits per heavy atom. The van der Waals surface area contributed by atoms with Crippen molar-refractivity contribution in [2.24, 2.45) is 0 Å². The van der Waals surface area contributed by atoms with Gasteiger partial charge in [-0.15, -0.1) is 11.6 Å². The van der Waals surface area contributed by atoms with Crippen molar-refractivity contribution in [3.8, 4) is 0 Å². The molecule has 5 heteroatoms. The Labute approximate surface area is 111 Å². The molecule has 18 heavy (non-hydrogen) atoms. The lowest BCUT2D eigenvalue weighted by Crippen LogP contribution is -2.23. The van der Waals surface area contributed by atoms with E-state index in [2.05, 4.69) is 14.5 Å². The molecule has 0 aromatic carbocycles. The summed E-state index contributed by atoms with van der Waals surface area (Å²) < 4.78 is 7.80. The molecule has 0 amide bonds. The van der Waals surface area contributed by atoms with E-state index in [1.54, 1.807) is 0 Å². The van der Waals surface area contributed by atoms with E-state index in [1.807, 2.05) is 18.3 Å². The van der Waals surface area contributed by atoms with Crippen molar-refractivity contribution in [3.05, 3.63) is 24.2 Å². The molecule has 0 saturated carbocycles. The molecular formula is C13H16ClN3O. The Morgan fingerprint density at radius 1 is 1.50 bits per heavy atom. The second-order valence-electron chi connectivity index (χ2n) is 4.55. The van der Waals surface area contributed by atoms with Crippen LogP contribution in [0.1, 0.15) is 24.7 Å². The van der Waals surface area contributed by atoms with Crippen molar-refractivity contribution < 1.29 is 4.74 Å². The maximum atomic E-state index is 5.87. The van der Waals surface area contributed by atoms with Crippen LogP contribution in [0.3, 0.4) is 0 Å². The fourth-order valence-electron chi connectivity index (χ4n) is 2.55. The van der Waals surface area contributed by atoms with Crippen LogP contribution in [0.25, 0.3) is 11.2 Å². The average Bonchev–Trinajstić information content (AvgIpc) is 2.78. The van der Waals surface area contributed by atoms with E-state index in [9.17, 15) is 0 Å². The largest absolute Gasteiger partial charge is 0.379 e. The summed E-state index contributed by atoms with van der Waals surface area (Å²) in [7, 11) is 0. The minimum Gasteiger partial charge on any atom is -0.379 e. The highest BCUT2D eigenvalue weighted by Gasteiger charge is 2.22. The van der Waals surface area contributed by atoms with Gasteiger partial charge in [0.1, 0.15) is 11.3 Å². The lowest BCUT2D eigenvalue weighted by Gasteiger charge is -2.25. The average molecular weight is 266 g/mol. The molecule has 1 aliphatic heterocycles. The van der Waals surface area contributed by atoms with E-state index in [0.29, 0.717) is 11.9 Å². The van der Waals surface area contributed by atoms with Crippen LogP contribution in [0.15, 0.2) is 18.3 Å². The normalized spacial score (nSPS) is 20.4. The second kappa shape index (κ2) is 5.24. The highest BCUT2D eigenvalue weighted by atomic mass is 35.5. The van der Waals surface area contributed by atoms with Crippen LogP contribution >= 0.6 is 11.6 Å². The van der Waals surface area contributed by atoms with Gasteiger partial charge in [-0.05, 0) is 25.0 Å². The number of alkyl halides is 1. The van der Waals surface area contributed by atoms with Crippen molar-refractivity contribution in [2.75, 3.05) is 19.1 Å². The Kier molecular flexibility index (Phi) is 3.48. The summed E-state index contributed by atoms with van der Waals surface area (Å²) in [5.41, 5.74) is 1.90. The topological polar surface area (TPSA) is 39.9 Å². The van der Waals surface area contributed by atoms with Gasteiger partial charge in [-0.3, -0.25) is 0 Å². The van der Waals surface area contributed by atoms with Crippen LogP contribution in [-0.2, 0) is 11.2 Å². The molecule has 1 atom stereocenters.